The molecule has 2 aliphatic rings. The Balaban J connectivity index is 1.96. The predicted octanol–water partition coefficient (Wildman–Crippen LogP) is 0.393. The van der Waals surface area contributed by atoms with Crippen LogP contribution in [0.5, 0.6) is 0 Å². The van der Waals surface area contributed by atoms with Crippen LogP contribution in [0.15, 0.2) is 0 Å². The van der Waals surface area contributed by atoms with E-state index in [1.54, 1.807) is 0 Å². The van der Waals surface area contributed by atoms with Gasteiger partial charge in [-0.1, -0.05) is 26.7 Å². The molecule has 0 spiro atoms. The van der Waals surface area contributed by atoms with Crippen molar-refractivity contribution in [3.63, 3.8) is 0 Å². The van der Waals surface area contributed by atoms with Crippen LogP contribution in [0.3, 0.4) is 0 Å². The molecule has 2 rings (SSSR count). The number of amides is 3. The SMILES string of the molecule is CCCC[C@H](NC(N)=O)C(=O)N1C[C@H](C)[C@@H](N2CCOCC2)C1. The monoisotopic (exact) mass is 326 g/mol. The highest BCUT2D eigenvalue weighted by Crippen LogP contribution is 2.23. The number of hydrogen-bond acceptors (Lipinski definition) is 4. The third-order valence-corrected chi connectivity index (χ3v) is 4.86. The van der Waals surface area contributed by atoms with Crippen molar-refractivity contribution in [2.24, 2.45) is 11.7 Å². The molecule has 2 fully saturated rings. The molecule has 7 nitrogen and oxygen atoms in total. The number of nitrogens with two attached hydrogens (primary N) is 1. The minimum Gasteiger partial charge on any atom is -0.379 e. The number of morpholine rings is 1. The lowest BCUT2D eigenvalue weighted by atomic mass is 10.0. The van der Waals surface area contributed by atoms with E-state index in [-0.39, 0.29) is 5.91 Å². The Labute approximate surface area is 138 Å². The number of hydrogen-bond donors (Lipinski definition) is 2. The molecular formula is C16H30N4O3. The van der Waals surface area contributed by atoms with Crippen molar-refractivity contribution in [3.05, 3.63) is 0 Å². The number of unbranched alkanes of at least 4 members (excludes halogenated alkanes) is 1. The minimum atomic E-state index is -0.628. The number of urea groups is 1. The van der Waals surface area contributed by atoms with E-state index >= 15 is 0 Å². The second-order valence-corrected chi connectivity index (χ2v) is 6.64. The largest absolute Gasteiger partial charge is 0.379 e. The molecule has 2 saturated heterocycles. The molecule has 3 atom stereocenters. The second kappa shape index (κ2) is 8.49. The van der Waals surface area contributed by atoms with Crippen LogP contribution in [0.1, 0.15) is 33.1 Å². The maximum atomic E-state index is 12.8. The molecule has 23 heavy (non-hydrogen) atoms. The summed E-state index contributed by atoms with van der Waals surface area (Å²) in [6.45, 7) is 9.10. The molecular weight excluding hydrogens is 296 g/mol. The van der Waals surface area contributed by atoms with Crippen LogP contribution in [-0.4, -0.2) is 73.2 Å². The fourth-order valence-corrected chi connectivity index (χ4v) is 3.57. The van der Waals surface area contributed by atoms with Crippen molar-refractivity contribution in [1.29, 1.82) is 0 Å². The van der Waals surface area contributed by atoms with Gasteiger partial charge in [-0.3, -0.25) is 9.69 Å². The van der Waals surface area contributed by atoms with E-state index in [0.717, 1.165) is 52.2 Å². The molecule has 3 amide bonds. The molecule has 2 aliphatic heterocycles. The summed E-state index contributed by atoms with van der Waals surface area (Å²) in [6.07, 6.45) is 2.52. The predicted molar refractivity (Wildman–Crippen MR) is 88.0 cm³/mol. The average Bonchev–Trinajstić information content (AvgIpc) is 2.93. The number of rotatable bonds is 6. The van der Waals surface area contributed by atoms with Crippen molar-refractivity contribution < 1.29 is 14.3 Å². The third-order valence-electron chi connectivity index (χ3n) is 4.86. The standard InChI is InChI=1S/C16H30N4O3/c1-3-4-5-13(18-16(17)22)15(21)20-10-12(2)14(11-20)19-6-8-23-9-7-19/h12-14H,3-11H2,1-2H3,(H3,17,18,22)/t12-,13-,14-/m0/s1. The first-order valence-corrected chi connectivity index (χ1v) is 8.69. The molecule has 0 aliphatic carbocycles. The summed E-state index contributed by atoms with van der Waals surface area (Å²) in [5.41, 5.74) is 5.23. The van der Waals surface area contributed by atoms with Gasteiger partial charge in [0, 0.05) is 32.2 Å². The van der Waals surface area contributed by atoms with Gasteiger partial charge in [0.15, 0.2) is 0 Å². The number of nitrogens with one attached hydrogen (secondary N) is 1. The van der Waals surface area contributed by atoms with Crippen molar-refractivity contribution in [2.45, 2.75) is 45.2 Å². The molecule has 2 heterocycles. The van der Waals surface area contributed by atoms with Crippen LogP contribution in [0.25, 0.3) is 0 Å². The fourth-order valence-electron chi connectivity index (χ4n) is 3.57. The van der Waals surface area contributed by atoms with E-state index < -0.39 is 12.1 Å². The summed E-state index contributed by atoms with van der Waals surface area (Å²) in [5, 5.41) is 2.61. The molecule has 0 bridgehead atoms. The van der Waals surface area contributed by atoms with Crippen molar-refractivity contribution in [3.8, 4) is 0 Å². The number of ether oxygens (including phenoxy) is 1. The summed E-state index contributed by atoms with van der Waals surface area (Å²) in [7, 11) is 0. The highest BCUT2D eigenvalue weighted by Gasteiger charge is 2.38. The lowest BCUT2D eigenvalue weighted by Crippen LogP contribution is -2.51. The zero-order valence-electron chi connectivity index (χ0n) is 14.3. The number of carbonyl (C=O) groups excluding carboxylic acids is 2. The van der Waals surface area contributed by atoms with Crippen molar-refractivity contribution in [2.75, 3.05) is 39.4 Å². The summed E-state index contributed by atoms with van der Waals surface area (Å²) in [6, 6.07) is -0.747. The summed E-state index contributed by atoms with van der Waals surface area (Å²) >= 11 is 0. The van der Waals surface area contributed by atoms with Gasteiger partial charge in [0.2, 0.25) is 5.91 Å². The van der Waals surface area contributed by atoms with Crippen LogP contribution in [0, 0.1) is 5.92 Å². The van der Waals surface area contributed by atoms with Gasteiger partial charge in [0.25, 0.3) is 0 Å². The van der Waals surface area contributed by atoms with E-state index in [2.05, 4.69) is 24.1 Å². The van der Waals surface area contributed by atoms with Crippen LogP contribution >= 0.6 is 0 Å². The lowest BCUT2D eigenvalue weighted by Gasteiger charge is -2.34. The molecule has 0 aromatic carbocycles. The van der Waals surface area contributed by atoms with Crippen molar-refractivity contribution in [1.82, 2.24) is 15.1 Å². The van der Waals surface area contributed by atoms with Crippen LogP contribution < -0.4 is 11.1 Å². The summed E-state index contributed by atoms with van der Waals surface area (Å²) < 4.78 is 5.41. The number of primary amides is 1. The highest BCUT2D eigenvalue weighted by molar-refractivity contribution is 5.86. The van der Waals surface area contributed by atoms with E-state index in [1.807, 2.05) is 4.90 Å². The molecule has 7 heteroatoms. The molecule has 0 aromatic rings. The van der Waals surface area contributed by atoms with E-state index in [1.165, 1.54) is 0 Å². The van der Waals surface area contributed by atoms with Gasteiger partial charge in [-0.25, -0.2) is 4.79 Å². The van der Waals surface area contributed by atoms with Gasteiger partial charge in [-0.05, 0) is 12.3 Å². The molecule has 0 aromatic heterocycles. The summed E-state index contributed by atoms with van der Waals surface area (Å²) in [4.78, 5) is 28.3. The Morgan fingerprint density at radius 3 is 2.61 bits per heavy atom. The van der Waals surface area contributed by atoms with Crippen LogP contribution in [0.2, 0.25) is 0 Å². The van der Waals surface area contributed by atoms with Gasteiger partial charge >= 0.3 is 6.03 Å². The van der Waals surface area contributed by atoms with Gasteiger partial charge < -0.3 is 20.7 Å². The van der Waals surface area contributed by atoms with Crippen LogP contribution in [0.4, 0.5) is 4.79 Å². The van der Waals surface area contributed by atoms with Gasteiger partial charge in [-0.15, -0.1) is 0 Å². The van der Waals surface area contributed by atoms with E-state index in [4.69, 9.17) is 10.5 Å². The zero-order valence-corrected chi connectivity index (χ0v) is 14.3. The molecule has 3 N–H and O–H groups in total. The Hall–Kier alpha value is -1.34. The first kappa shape index (κ1) is 18.0. The van der Waals surface area contributed by atoms with E-state index in [0.29, 0.717) is 18.4 Å². The molecule has 132 valence electrons. The quantitative estimate of drug-likeness (QED) is 0.739. The minimum absolute atomic E-state index is 0.000130. The smallest absolute Gasteiger partial charge is 0.312 e. The molecule has 0 radical (unpaired) electrons. The topological polar surface area (TPSA) is 87.9 Å². The first-order chi connectivity index (χ1) is 11.0. The normalized spacial score (nSPS) is 27.0. The maximum Gasteiger partial charge on any atom is 0.312 e. The molecule has 0 unspecified atom stereocenters. The number of carbonyl (C=O) groups is 2. The maximum absolute atomic E-state index is 12.8. The lowest BCUT2D eigenvalue weighted by molar-refractivity contribution is -0.132. The van der Waals surface area contributed by atoms with Crippen LogP contribution in [-0.2, 0) is 9.53 Å². The first-order valence-electron chi connectivity index (χ1n) is 8.69. The second-order valence-electron chi connectivity index (χ2n) is 6.64. The van der Waals surface area contributed by atoms with Gasteiger partial charge in [-0.2, -0.15) is 0 Å². The van der Waals surface area contributed by atoms with Gasteiger partial charge in [0.1, 0.15) is 6.04 Å². The van der Waals surface area contributed by atoms with Gasteiger partial charge in [0.05, 0.1) is 13.2 Å². The Morgan fingerprint density at radius 2 is 2.00 bits per heavy atom. The summed E-state index contributed by atoms with van der Waals surface area (Å²) in [5.74, 6) is 0.428. The number of nitrogens with zero attached hydrogens (tertiary/aromatic N) is 2. The highest BCUT2D eigenvalue weighted by atomic mass is 16.5. The Bertz CT molecular complexity index is 412. The third kappa shape index (κ3) is 4.81. The number of likely N-dealkylation sites (tertiary alicyclic amines) is 1. The Kier molecular flexibility index (Phi) is 6.65. The fraction of sp³-hybridized carbons (Fsp3) is 0.875. The average molecular weight is 326 g/mol. The molecule has 0 saturated carbocycles. The Morgan fingerprint density at radius 1 is 1.30 bits per heavy atom. The van der Waals surface area contributed by atoms with Crippen molar-refractivity contribution >= 4 is 11.9 Å². The zero-order chi connectivity index (χ0) is 16.8. The van der Waals surface area contributed by atoms with E-state index in [9.17, 15) is 9.59 Å².